The Labute approximate surface area is 128 Å². The van der Waals surface area contributed by atoms with E-state index in [1.165, 1.54) is 24.2 Å². The van der Waals surface area contributed by atoms with Gasteiger partial charge in [-0.15, -0.1) is 0 Å². The number of nitrogens with zero attached hydrogens (tertiary/aromatic N) is 4. The van der Waals surface area contributed by atoms with Crippen LogP contribution in [0.3, 0.4) is 0 Å². The van der Waals surface area contributed by atoms with E-state index in [-0.39, 0.29) is 5.82 Å². The summed E-state index contributed by atoms with van der Waals surface area (Å²) in [5.74, 6) is 0.462. The first kappa shape index (κ1) is 13.4. The van der Waals surface area contributed by atoms with Crippen LogP contribution in [-0.2, 0) is 0 Å². The number of imidazole rings is 1. The maximum absolute atomic E-state index is 13.2. The summed E-state index contributed by atoms with van der Waals surface area (Å²) in [4.78, 5) is 11.1. The van der Waals surface area contributed by atoms with Gasteiger partial charge in [0, 0.05) is 17.5 Å². The molecule has 3 heterocycles. The van der Waals surface area contributed by atoms with Crippen LogP contribution in [0.4, 0.5) is 4.39 Å². The normalized spacial score (nSPS) is 19.1. The van der Waals surface area contributed by atoms with Crippen molar-refractivity contribution in [2.45, 2.75) is 18.9 Å². The van der Waals surface area contributed by atoms with E-state index in [9.17, 15) is 4.39 Å². The second-order valence-corrected chi connectivity index (χ2v) is 5.79. The first-order valence-electron chi connectivity index (χ1n) is 7.52. The lowest BCUT2D eigenvalue weighted by atomic mass is 10.1. The maximum atomic E-state index is 13.2. The van der Waals surface area contributed by atoms with Crippen molar-refractivity contribution in [2.24, 2.45) is 0 Å². The molecule has 0 bridgehead atoms. The highest BCUT2D eigenvalue weighted by Crippen LogP contribution is 2.32. The van der Waals surface area contributed by atoms with Crippen molar-refractivity contribution >= 4 is 5.78 Å². The van der Waals surface area contributed by atoms with Gasteiger partial charge in [0.05, 0.1) is 17.9 Å². The molecule has 5 heteroatoms. The molecule has 1 fully saturated rings. The van der Waals surface area contributed by atoms with Crippen molar-refractivity contribution in [1.82, 2.24) is 19.3 Å². The summed E-state index contributed by atoms with van der Waals surface area (Å²) >= 11 is 0. The molecule has 3 aromatic rings. The summed E-state index contributed by atoms with van der Waals surface area (Å²) in [7, 11) is 2.15. The molecule has 22 heavy (non-hydrogen) atoms. The zero-order chi connectivity index (χ0) is 15.1. The van der Waals surface area contributed by atoms with Crippen molar-refractivity contribution in [2.75, 3.05) is 13.6 Å². The molecule has 4 nitrogen and oxygen atoms in total. The number of rotatable bonds is 2. The van der Waals surface area contributed by atoms with Crippen LogP contribution < -0.4 is 0 Å². The Hall–Kier alpha value is -2.27. The van der Waals surface area contributed by atoms with E-state index in [2.05, 4.69) is 32.4 Å². The molecular weight excluding hydrogens is 279 g/mol. The average molecular weight is 296 g/mol. The van der Waals surface area contributed by atoms with Crippen LogP contribution in [0.5, 0.6) is 0 Å². The molecule has 1 aliphatic rings. The summed E-state index contributed by atoms with van der Waals surface area (Å²) in [6.07, 6.45) is 5.97. The SMILES string of the molecule is CN1CCCC1c1ccnc2ncc(-c3ccc(F)cc3)n12. The summed E-state index contributed by atoms with van der Waals surface area (Å²) in [6.45, 7) is 1.11. The summed E-state index contributed by atoms with van der Waals surface area (Å²) < 4.78 is 15.3. The minimum absolute atomic E-state index is 0.230. The molecule has 0 radical (unpaired) electrons. The highest BCUT2D eigenvalue weighted by Gasteiger charge is 2.25. The van der Waals surface area contributed by atoms with Gasteiger partial charge >= 0.3 is 0 Å². The molecule has 4 rings (SSSR count). The fourth-order valence-electron chi connectivity index (χ4n) is 3.31. The van der Waals surface area contributed by atoms with Gasteiger partial charge in [0.1, 0.15) is 5.82 Å². The average Bonchev–Trinajstić information content (AvgIpc) is 3.14. The van der Waals surface area contributed by atoms with Crippen LogP contribution in [0.1, 0.15) is 24.6 Å². The molecule has 0 spiro atoms. The second kappa shape index (κ2) is 5.18. The number of hydrogen-bond acceptors (Lipinski definition) is 3. The van der Waals surface area contributed by atoms with Crippen LogP contribution in [0, 0.1) is 5.82 Å². The van der Waals surface area contributed by atoms with Gasteiger partial charge in [-0.3, -0.25) is 9.30 Å². The summed E-state index contributed by atoms with van der Waals surface area (Å²) in [6, 6.07) is 8.97. The third kappa shape index (κ3) is 2.09. The van der Waals surface area contributed by atoms with Crippen molar-refractivity contribution < 1.29 is 4.39 Å². The molecule has 1 atom stereocenters. The van der Waals surface area contributed by atoms with Gasteiger partial charge in [-0.25, -0.2) is 14.4 Å². The Bertz CT molecular complexity index is 809. The predicted molar refractivity (Wildman–Crippen MR) is 83.0 cm³/mol. The Morgan fingerprint density at radius 1 is 1.14 bits per heavy atom. The lowest BCUT2D eigenvalue weighted by Crippen LogP contribution is -2.20. The maximum Gasteiger partial charge on any atom is 0.234 e. The molecule has 0 saturated carbocycles. The lowest BCUT2D eigenvalue weighted by molar-refractivity contribution is 0.310. The fourth-order valence-corrected chi connectivity index (χ4v) is 3.31. The number of benzene rings is 1. The zero-order valence-corrected chi connectivity index (χ0v) is 12.4. The number of fused-ring (bicyclic) bond motifs is 1. The standard InChI is InChI=1S/C17H17FN4/c1-21-10-2-3-14(21)15-8-9-19-17-20-11-16(22(15)17)12-4-6-13(18)7-5-12/h4-9,11,14H,2-3,10H2,1H3. The fraction of sp³-hybridized carbons (Fsp3) is 0.294. The molecule has 2 aromatic heterocycles. The van der Waals surface area contributed by atoms with Gasteiger partial charge in [-0.1, -0.05) is 0 Å². The Balaban J connectivity index is 1.91. The Morgan fingerprint density at radius 2 is 1.95 bits per heavy atom. The first-order chi connectivity index (χ1) is 10.7. The van der Waals surface area contributed by atoms with Gasteiger partial charge < -0.3 is 0 Å². The zero-order valence-electron chi connectivity index (χ0n) is 12.4. The highest BCUT2D eigenvalue weighted by atomic mass is 19.1. The van der Waals surface area contributed by atoms with E-state index in [0.717, 1.165) is 24.2 Å². The van der Waals surface area contributed by atoms with E-state index < -0.39 is 0 Å². The van der Waals surface area contributed by atoms with Crippen LogP contribution >= 0.6 is 0 Å². The van der Waals surface area contributed by atoms with Crippen LogP contribution in [0.25, 0.3) is 17.0 Å². The van der Waals surface area contributed by atoms with E-state index >= 15 is 0 Å². The smallest absolute Gasteiger partial charge is 0.234 e. The number of halogens is 1. The molecule has 1 aromatic carbocycles. The second-order valence-electron chi connectivity index (χ2n) is 5.79. The minimum Gasteiger partial charge on any atom is -0.298 e. The van der Waals surface area contributed by atoms with Crippen molar-refractivity contribution in [3.05, 3.63) is 54.2 Å². The molecule has 0 N–H and O–H groups in total. The van der Waals surface area contributed by atoms with Gasteiger partial charge in [0.25, 0.3) is 0 Å². The minimum atomic E-state index is -0.230. The van der Waals surface area contributed by atoms with E-state index in [1.54, 1.807) is 12.1 Å². The monoisotopic (exact) mass is 296 g/mol. The summed E-state index contributed by atoms with van der Waals surface area (Å²) in [5, 5.41) is 0. The molecular formula is C17H17FN4. The molecule has 1 saturated heterocycles. The number of hydrogen-bond donors (Lipinski definition) is 0. The predicted octanol–water partition coefficient (Wildman–Crippen LogP) is 3.30. The van der Waals surface area contributed by atoms with Crippen molar-refractivity contribution in [3.8, 4) is 11.3 Å². The number of aromatic nitrogens is 3. The molecule has 1 aliphatic heterocycles. The van der Waals surface area contributed by atoms with Crippen molar-refractivity contribution in [3.63, 3.8) is 0 Å². The molecule has 112 valence electrons. The van der Waals surface area contributed by atoms with Crippen molar-refractivity contribution in [1.29, 1.82) is 0 Å². The lowest BCUT2D eigenvalue weighted by Gasteiger charge is -2.21. The van der Waals surface area contributed by atoms with Gasteiger partial charge in [0.2, 0.25) is 5.78 Å². The Morgan fingerprint density at radius 3 is 2.68 bits per heavy atom. The quantitative estimate of drug-likeness (QED) is 0.727. The molecule has 0 amide bonds. The Kier molecular flexibility index (Phi) is 3.15. The largest absolute Gasteiger partial charge is 0.298 e. The summed E-state index contributed by atoms with van der Waals surface area (Å²) in [5.41, 5.74) is 3.10. The third-order valence-corrected chi connectivity index (χ3v) is 4.44. The van der Waals surface area contributed by atoms with Gasteiger partial charge in [-0.05, 0) is 56.8 Å². The first-order valence-corrected chi connectivity index (χ1v) is 7.52. The van der Waals surface area contributed by atoms with Crippen LogP contribution in [-0.4, -0.2) is 32.9 Å². The van der Waals surface area contributed by atoms with Crippen LogP contribution in [0.2, 0.25) is 0 Å². The van der Waals surface area contributed by atoms with E-state index in [1.807, 2.05) is 12.4 Å². The van der Waals surface area contributed by atoms with Crippen LogP contribution in [0.15, 0.2) is 42.7 Å². The van der Waals surface area contributed by atoms with E-state index in [4.69, 9.17) is 0 Å². The molecule has 1 unspecified atom stereocenters. The highest BCUT2D eigenvalue weighted by molar-refractivity contribution is 5.63. The third-order valence-electron chi connectivity index (χ3n) is 4.44. The molecule has 0 aliphatic carbocycles. The van der Waals surface area contributed by atoms with Gasteiger partial charge in [0.15, 0.2) is 0 Å². The number of likely N-dealkylation sites (tertiary alicyclic amines) is 1. The van der Waals surface area contributed by atoms with E-state index in [0.29, 0.717) is 11.8 Å². The van der Waals surface area contributed by atoms with Gasteiger partial charge in [-0.2, -0.15) is 0 Å². The topological polar surface area (TPSA) is 33.4 Å².